The minimum absolute atomic E-state index is 0.0102. The van der Waals surface area contributed by atoms with Crippen molar-refractivity contribution in [3.63, 3.8) is 0 Å². The third-order valence-corrected chi connectivity index (χ3v) is 4.86. The molecule has 1 unspecified atom stereocenters. The molecule has 2 rings (SSSR count). The van der Waals surface area contributed by atoms with E-state index in [1.54, 1.807) is 31.4 Å². The van der Waals surface area contributed by atoms with Crippen molar-refractivity contribution in [2.75, 3.05) is 25.6 Å². The lowest BCUT2D eigenvalue weighted by Gasteiger charge is -2.20. The molecule has 0 amide bonds. The van der Waals surface area contributed by atoms with Crippen molar-refractivity contribution in [2.45, 2.75) is 36.2 Å². The summed E-state index contributed by atoms with van der Waals surface area (Å²) in [6.07, 6.45) is 2.27. The molecule has 0 radical (unpaired) electrons. The number of ether oxygens (including phenoxy) is 1. The van der Waals surface area contributed by atoms with Crippen LogP contribution in [0.1, 0.15) is 19.3 Å². The van der Waals surface area contributed by atoms with Gasteiger partial charge in [0.1, 0.15) is 4.90 Å². The Balaban J connectivity index is 2.19. The Kier molecular flexibility index (Phi) is 5.58. The van der Waals surface area contributed by atoms with Gasteiger partial charge in [0.25, 0.3) is 0 Å². The van der Waals surface area contributed by atoms with Crippen LogP contribution in [0.4, 0.5) is 5.69 Å². The molecule has 0 aliphatic heterocycles. The summed E-state index contributed by atoms with van der Waals surface area (Å²) in [6.45, 7) is 0.404. The van der Waals surface area contributed by atoms with Crippen LogP contribution in [-0.4, -0.2) is 45.9 Å². The monoisotopic (exact) mass is 314 g/mol. The highest BCUT2D eigenvalue weighted by molar-refractivity contribution is 7.89. The summed E-state index contributed by atoms with van der Waals surface area (Å²) in [6, 6.07) is 6.70. The Morgan fingerprint density at radius 3 is 2.71 bits per heavy atom. The molecule has 1 aliphatic rings. The van der Waals surface area contributed by atoms with Crippen LogP contribution >= 0.6 is 0 Å². The van der Waals surface area contributed by atoms with E-state index in [9.17, 15) is 8.42 Å². The fourth-order valence-electron chi connectivity index (χ4n) is 2.08. The van der Waals surface area contributed by atoms with Gasteiger partial charge >= 0.3 is 0 Å². The Morgan fingerprint density at radius 2 is 2.10 bits per heavy atom. The number of sulfonamides is 1. The van der Waals surface area contributed by atoms with Gasteiger partial charge in [-0.05, 0) is 31.4 Å². The van der Waals surface area contributed by atoms with Gasteiger partial charge in [-0.3, -0.25) is 0 Å². The van der Waals surface area contributed by atoms with E-state index in [1.807, 2.05) is 0 Å². The van der Waals surface area contributed by atoms with E-state index in [1.165, 1.54) is 0 Å². The number of rotatable bonds is 9. The lowest BCUT2D eigenvalue weighted by Crippen LogP contribution is -2.30. The van der Waals surface area contributed by atoms with Gasteiger partial charge in [0.05, 0.1) is 18.3 Å². The van der Waals surface area contributed by atoms with Crippen LogP contribution in [0, 0.1) is 0 Å². The average molecular weight is 314 g/mol. The van der Waals surface area contributed by atoms with Crippen LogP contribution in [0.3, 0.4) is 0 Å². The highest BCUT2D eigenvalue weighted by Gasteiger charge is 2.29. The molecule has 0 bridgehead atoms. The minimum Gasteiger partial charge on any atom is -0.396 e. The normalized spacial score (nSPS) is 16.7. The van der Waals surface area contributed by atoms with Crippen LogP contribution in [0.5, 0.6) is 0 Å². The van der Waals surface area contributed by atoms with Crippen molar-refractivity contribution in [3.05, 3.63) is 24.3 Å². The number of para-hydroxylation sites is 1. The first-order chi connectivity index (χ1) is 10.1. The zero-order valence-electron chi connectivity index (χ0n) is 12.1. The molecule has 1 saturated carbocycles. The molecule has 7 heteroatoms. The molecule has 1 atom stereocenters. The van der Waals surface area contributed by atoms with Crippen molar-refractivity contribution >= 4 is 15.7 Å². The number of benzene rings is 1. The molecule has 0 saturated heterocycles. The third kappa shape index (κ3) is 4.67. The van der Waals surface area contributed by atoms with Gasteiger partial charge in [0.2, 0.25) is 10.0 Å². The standard InChI is InChI=1S/C14H22N2O4S/c1-20-10-12(8-9-17)15-13-4-2-3-5-14(13)21(18,19)16-11-6-7-11/h2-5,11-12,15-17H,6-10H2,1H3. The lowest BCUT2D eigenvalue weighted by molar-refractivity contribution is 0.170. The van der Waals surface area contributed by atoms with E-state index in [0.717, 1.165) is 12.8 Å². The largest absolute Gasteiger partial charge is 0.396 e. The van der Waals surface area contributed by atoms with E-state index in [4.69, 9.17) is 9.84 Å². The predicted octanol–water partition coefficient (Wildman–Crippen LogP) is 0.937. The van der Waals surface area contributed by atoms with Crippen LogP contribution in [-0.2, 0) is 14.8 Å². The highest BCUT2D eigenvalue weighted by Crippen LogP contribution is 2.26. The Labute approximate surface area is 125 Å². The second kappa shape index (κ2) is 7.22. The van der Waals surface area contributed by atoms with Crippen molar-refractivity contribution < 1.29 is 18.3 Å². The summed E-state index contributed by atoms with van der Waals surface area (Å²) in [5.74, 6) is 0. The lowest BCUT2D eigenvalue weighted by atomic mass is 10.2. The first kappa shape index (κ1) is 16.2. The molecule has 1 aromatic carbocycles. The van der Waals surface area contributed by atoms with Crippen molar-refractivity contribution in [1.29, 1.82) is 0 Å². The number of hydrogen-bond acceptors (Lipinski definition) is 5. The van der Waals surface area contributed by atoms with E-state index < -0.39 is 10.0 Å². The van der Waals surface area contributed by atoms with Gasteiger partial charge in [0.15, 0.2) is 0 Å². The zero-order chi connectivity index (χ0) is 15.3. The van der Waals surface area contributed by atoms with Crippen LogP contribution in [0.2, 0.25) is 0 Å². The summed E-state index contributed by atoms with van der Waals surface area (Å²) in [5.41, 5.74) is 0.529. The SMILES string of the molecule is COCC(CCO)Nc1ccccc1S(=O)(=O)NC1CC1. The van der Waals surface area contributed by atoms with Gasteiger partial charge in [-0.25, -0.2) is 13.1 Å². The molecule has 1 fully saturated rings. The number of aliphatic hydroxyl groups excluding tert-OH is 1. The fraction of sp³-hybridized carbons (Fsp3) is 0.571. The molecular weight excluding hydrogens is 292 g/mol. The number of nitrogens with one attached hydrogen (secondary N) is 2. The van der Waals surface area contributed by atoms with E-state index in [-0.39, 0.29) is 23.6 Å². The van der Waals surface area contributed by atoms with Gasteiger partial charge in [-0.2, -0.15) is 0 Å². The molecule has 1 aliphatic carbocycles. The number of methoxy groups -OCH3 is 1. The zero-order valence-corrected chi connectivity index (χ0v) is 12.9. The molecule has 118 valence electrons. The van der Waals surface area contributed by atoms with E-state index >= 15 is 0 Å². The second-order valence-electron chi connectivity index (χ2n) is 5.20. The average Bonchev–Trinajstić information content (AvgIpc) is 3.23. The highest BCUT2D eigenvalue weighted by atomic mass is 32.2. The molecule has 21 heavy (non-hydrogen) atoms. The molecule has 1 aromatic rings. The van der Waals surface area contributed by atoms with Gasteiger partial charge in [-0.15, -0.1) is 0 Å². The minimum atomic E-state index is -3.52. The van der Waals surface area contributed by atoms with Crippen LogP contribution in [0.15, 0.2) is 29.2 Å². The number of hydrogen-bond donors (Lipinski definition) is 3. The van der Waals surface area contributed by atoms with Gasteiger partial charge in [-0.1, -0.05) is 12.1 Å². The predicted molar refractivity (Wildman–Crippen MR) is 80.8 cm³/mol. The topological polar surface area (TPSA) is 87.7 Å². The van der Waals surface area contributed by atoms with Crippen molar-refractivity contribution in [3.8, 4) is 0 Å². The first-order valence-electron chi connectivity index (χ1n) is 7.04. The summed E-state index contributed by atoms with van der Waals surface area (Å²) in [4.78, 5) is 0.232. The second-order valence-corrected chi connectivity index (χ2v) is 6.88. The maximum atomic E-state index is 12.4. The first-order valence-corrected chi connectivity index (χ1v) is 8.53. The molecule has 0 heterocycles. The molecule has 0 aromatic heterocycles. The number of anilines is 1. The van der Waals surface area contributed by atoms with Crippen molar-refractivity contribution in [2.24, 2.45) is 0 Å². The maximum Gasteiger partial charge on any atom is 0.242 e. The maximum absolute atomic E-state index is 12.4. The Hall–Kier alpha value is -1.15. The van der Waals surface area contributed by atoms with Crippen molar-refractivity contribution in [1.82, 2.24) is 4.72 Å². The molecule has 3 N–H and O–H groups in total. The van der Waals surface area contributed by atoms with E-state index in [2.05, 4.69) is 10.0 Å². The molecular formula is C14H22N2O4S. The summed E-state index contributed by atoms with van der Waals surface area (Å²) >= 11 is 0. The molecule has 0 spiro atoms. The summed E-state index contributed by atoms with van der Waals surface area (Å²) in [5, 5.41) is 12.2. The fourth-order valence-corrected chi connectivity index (χ4v) is 3.55. The molecule has 6 nitrogen and oxygen atoms in total. The summed E-state index contributed by atoms with van der Waals surface area (Å²) < 4.78 is 32.5. The summed E-state index contributed by atoms with van der Waals surface area (Å²) in [7, 11) is -1.95. The van der Waals surface area contributed by atoms with E-state index in [0.29, 0.717) is 18.7 Å². The Bertz CT molecular complexity index is 552. The van der Waals surface area contributed by atoms with Gasteiger partial charge in [0, 0.05) is 19.8 Å². The third-order valence-electron chi connectivity index (χ3n) is 3.28. The Morgan fingerprint density at radius 1 is 1.38 bits per heavy atom. The smallest absolute Gasteiger partial charge is 0.242 e. The van der Waals surface area contributed by atoms with Crippen LogP contribution in [0.25, 0.3) is 0 Å². The number of aliphatic hydroxyl groups is 1. The van der Waals surface area contributed by atoms with Crippen LogP contribution < -0.4 is 10.0 Å². The quantitative estimate of drug-likeness (QED) is 0.631. The van der Waals surface area contributed by atoms with Gasteiger partial charge < -0.3 is 15.2 Å².